The van der Waals surface area contributed by atoms with Crippen LogP contribution in [0.1, 0.15) is 36.8 Å². The summed E-state index contributed by atoms with van der Waals surface area (Å²) in [4.78, 5) is 30.5. The average molecular weight is 300 g/mol. The molecule has 0 amide bonds. The molecule has 0 aliphatic carbocycles. The standard InChI is InChI=1S/C16H16N2O4/c1-9(15(19)20)11-3-5-17-13(7-11)14-8-12(4-6-18-14)10(2)16(21)22/h3-10H,1-2H3,(H,19,20)(H,21,22). The van der Waals surface area contributed by atoms with Crippen molar-refractivity contribution >= 4 is 11.9 Å². The molecule has 0 radical (unpaired) electrons. The fourth-order valence-corrected chi connectivity index (χ4v) is 2.00. The Bertz CT molecular complexity index is 653. The zero-order valence-corrected chi connectivity index (χ0v) is 12.2. The predicted molar refractivity (Wildman–Crippen MR) is 79.6 cm³/mol. The molecule has 114 valence electrons. The summed E-state index contributed by atoms with van der Waals surface area (Å²) in [5.41, 5.74) is 2.28. The van der Waals surface area contributed by atoms with Gasteiger partial charge in [0.15, 0.2) is 0 Å². The largest absolute Gasteiger partial charge is 0.481 e. The van der Waals surface area contributed by atoms with Crippen molar-refractivity contribution in [2.75, 3.05) is 0 Å². The number of carboxylic acids is 2. The zero-order valence-electron chi connectivity index (χ0n) is 12.2. The molecule has 6 nitrogen and oxygen atoms in total. The third-order valence-corrected chi connectivity index (χ3v) is 3.57. The van der Waals surface area contributed by atoms with Gasteiger partial charge in [0.2, 0.25) is 0 Å². The molecule has 2 heterocycles. The van der Waals surface area contributed by atoms with Crippen LogP contribution in [-0.2, 0) is 9.59 Å². The third kappa shape index (κ3) is 3.28. The number of pyridine rings is 2. The summed E-state index contributed by atoms with van der Waals surface area (Å²) in [5, 5.41) is 18.1. The van der Waals surface area contributed by atoms with Crippen LogP contribution in [0.5, 0.6) is 0 Å². The van der Waals surface area contributed by atoms with Gasteiger partial charge in [0.1, 0.15) is 0 Å². The molecule has 6 heteroatoms. The van der Waals surface area contributed by atoms with Gasteiger partial charge >= 0.3 is 11.9 Å². The van der Waals surface area contributed by atoms with E-state index < -0.39 is 23.8 Å². The zero-order chi connectivity index (χ0) is 16.3. The second-order valence-corrected chi connectivity index (χ2v) is 5.07. The molecule has 2 unspecified atom stereocenters. The topological polar surface area (TPSA) is 100 Å². The SMILES string of the molecule is CC(C(=O)O)c1ccnc(-c2cc(C(C)C(=O)O)ccn2)c1. The van der Waals surface area contributed by atoms with Gasteiger partial charge in [-0.25, -0.2) is 0 Å². The molecule has 2 aromatic heterocycles. The van der Waals surface area contributed by atoms with Crippen molar-refractivity contribution in [3.8, 4) is 11.4 Å². The van der Waals surface area contributed by atoms with Crippen LogP contribution < -0.4 is 0 Å². The van der Waals surface area contributed by atoms with Gasteiger partial charge in [-0.05, 0) is 49.2 Å². The second kappa shape index (κ2) is 6.34. The van der Waals surface area contributed by atoms with E-state index in [0.29, 0.717) is 22.5 Å². The minimum Gasteiger partial charge on any atom is -0.481 e. The van der Waals surface area contributed by atoms with Crippen LogP contribution >= 0.6 is 0 Å². The summed E-state index contributed by atoms with van der Waals surface area (Å²) in [6.45, 7) is 3.19. The molecule has 2 N–H and O–H groups in total. The Morgan fingerprint density at radius 2 is 1.23 bits per heavy atom. The first-order valence-corrected chi connectivity index (χ1v) is 6.78. The lowest BCUT2D eigenvalue weighted by molar-refractivity contribution is -0.139. The molecule has 0 aliphatic rings. The maximum Gasteiger partial charge on any atom is 0.310 e. The van der Waals surface area contributed by atoms with Crippen LogP contribution in [0, 0.1) is 0 Å². The van der Waals surface area contributed by atoms with Crippen LogP contribution in [0.2, 0.25) is 0 Å². The molecule has 0 saturated carbocycles. The van der Waals surface area contributed by atoms with Crippen LogP contribution in [0.4, 0.5) is 0 Å². The molecule has 0 fully saturated rings. The maximum atomic E-state index is 11.1. The van der Waals surface area contributed by atoms with Crippen molar-refractivity contribution in [2.45, 2.75) is 25.7 Å². The van der Waals surface area contributed by atoms with Crippen molar-refractivity contribution in [2.24, 2.45) is 0 Å². The highest BCUT2D eigenvalue weighted by Gasteiger charge is 2.17. The van der Waals surface area contributed by atoms with Crippen molar-refractivity contribution in [3.05, 3.63) is 47.8 Å². The van der Waals surface area contributed by atoms with Gasteiger partial charge in [0.25, 0.3) is 0 Å². The Morgan fingerprint density at radius 3 is 1.55 bits per heavy atom. The van der Waals surface area contributed by atoms with Gasteiger partial charge in [-0.3, -0.25) is 19.6 Å². The third-order valence-electron chi connectivity index (χ3n) is 3.57. The number of aliphatic carboxylic acids is 2. The van der Waals surface area contributed by atoms with Crippen molar-refractivity contribution in [3.63, 3.8) is 0 Å². The number of rotatable bonds is 5. The van der Waals surface area contributed by atoms with Gasteiger partial charge < -0.3 is 10.2 Å². The fraction of sp³-hybridized carbons (Fsp3) is 0.250. The average Bonchev–Trinajstić information content (AvgIpc) is 2.53. The highest BCUT2D eigenvalue weighted by molar-refractivity contribution is 5.77. The Kier molecular flexibility index (Phi) is 4.50. The first-order valence-electron chi connectivity index (χ1n) is 6.78. The van der Waals surface area contributed by atoms with Crippen molar-refractivity contribution in [1.82, 2.24) is 9.97 Å². The number of carboxylic acid groups (broad SMARTS) is 2. The lowest BCUT2D eigenvalue weighted by atomic mass is 9.99. The second-order valence-electron chi connectivity index (χ2n) is 5.07. The van der Waals surface area contributed by atoms with E-state index in [9.17, 15) is 9.59 Å². The van der Waals surface area contributed by atoms with Gasteiger partial charge in [-0.1, -0.05) is 0 Å². The summed E-state index contributed by atoms with van der Waals surface area (Å²) in [6, 6.07) is 6.62. The first kappa shape index (κ1) is 15.6. The van der Waals surface area contributed by atoms with Crippen LogP contribution in [0.3, 0.4) is 0 Å². The number of aromatic nitrogens is 2. The summed E-state index contributed by atoms with van der Waals surface area (Å²) < 4.78 is 0. The Morgan fingerprint density at radius 1 is 0.864 bits per heavy atom. The van der Waals surface area contributed by atoms with E-state index in [4.69, 9.17) is 10.2 Å². The van der Waals surface area contributed by atoms with E-state index in [2.05, 4.69) is 9.97 Å². The highest BCUT2D eigenvalue weighted by Crippen LogP contribution is 2.24. The number of carbonyl (C=O) groups is 2. The van der Waals surface area contributed by atoms with E-state index in [-0.39, 0.29) is 0 Å². The summed E-state index contributed by atoms with van der Waals surface area (Å²) in [5.74, 6) is -3.14. The first-order chi connectivity index (χ1) is 10.4. The number of nitrogens with zero attached hydrogens (tertiary/aromatic N) is 2. The van der Waals surface area contributed by atoms with Gasteiger partial charge in [-0.2, -0.15) is 0 Å². The predicted octanol–water partition coefficient (Wildman–Crippen LogP) is 2.52. The highest BCUT2D eigenvalue weighted by atomic mass is 16.4. The molecule has 0 bridgehead atoms. The number of hydrogen-bond acceptors (Lipinski definition) is 4. The molecule has 22 heavy (non-hydrogen) atoms. The van der Waals surface area contributed by atoms with E-state index in [0.717, 1.165) is 0 Å². The Labute approximate surface area is 127 Å². The van der Waals surface area contributed by atoms with E-state index in [1.807, 2.05) is 0 Å². The molecule has 2 atom stereocenters. The van der Waals surface area contributed by atoms with Crippen molar-refractivity contribution < 1.29 is 19.8 Å². The van der Waals surface area contributed by atoms with E-state index in [1.165, 1.54) is 12.4 Å². The minimum absolute atomic E-state index is 0.519. The molecule has 0 saturated heterocycles. The molecule has 0 aliphatic heterocycles. The molecule has 0 aromatic carbocycles. The Hall–Kier alpha value is -2.76. The summed E-state index contributed by atoms with van der Waals surface area (Å²) >= 11 is 0. The van der Waals surface area contributed by atoms with Gasteiger partial charge in [0.05, 0.1) is 23.2 Å². The normalized spacial score (nSPS) is 13.4. The quantitative estimate of drug-likeness (QED) is 0.880. The monoisotopic (exact) mass is 300 g/mol. The van der Waals surface area contributed by atoms with Gasteiger partial charge in [-0.15, -0.1) is 0 Å². The molecular formula is C16H16N2O4. The summed E-state index contributed by atoms with van der Waals surface area (Å²) in [6.07, 6.45) is 3.05. The molecule has 2 rings (SSSR count). The number of hydrogen-bond donors (Lipinski definition) is 2. The van der Waals surface area contributed by atoms with Crippen LogP contribution in [0.15, 0.2) is 36.7 Å². The maximum absolute atomic E-state index is 11.1. The Balaban J connectivity index is 2.40. The van der Waals surface area contributed by atoms with Gasteiger partial charge in [0, 0.05) is 12.4 Å². The smallest absolute Gasteiger partial charge is 0.310 e. The minimum atomic E-state index is -0.918. The van der Waals surface area contributed by atoms with Crippen molar-refractivity contribution in [1.29, 1.82) is 0 Å². The van der Waals surface area contributed by atoms with E-state index in [1.54, 1.807) is 38.1 Å². The van der Waals surface area contributed by atoms with Crippen LogP contribution in [-0.4, -0.2) is 32.1 Å². The molecule has 0 spiro atoms. The lowest BCUT2D eigenvalue weighted by Gasteiger charge is -2.10. The lowest BCUT2D eigenvalue weighted by Crippen LogP contribution is -2.08. The molecular weight excluding hydrogens is 284 g/mol. The van der Waals surface area contributed by atoms with E-state index >= 15 is 0 Å². The molecule has 2 aromatic rings. The fourth-order valence-electron chi connectivity index (χ4n) is 2.00. The van der Waals surface area contributed by atoms with Crippen LogP contribution in [0.25, 0.3) is 11.4 Å². The summed E-state index contributed by atoms with van der Waals surface area (Å²) in [7, 11) is 0.